The SMILES string of the molecule is O.O.O.O.O.O.[Na+].[SH-]. The fourth-order valence-electron chi connectivity index (χ4n) is 0. The third-order valence-corrected chi connectivity index (χ3v) is 0. The van der Waals surface area contributed by atoms with Crippen molar-refractivity contribution in [2.24, 2.45) is 0 Å². The molecule has 0 bridgehead atoms. The molecule has 0 spiro atoms. The molecule has 8 heteroatoms. The van der Waals surface area contributed by atoms with Crippen LogP contribution in [-0.4, -0.2) is 32.9 Å². The van der Waals surface area contributed by atoms with E-state index in [9.17, 15) is 0 Å². The summed E-state index contributed by atoms with van der Waals surface area (Å²) in [4.78, 5) is 0. The monoisotopic (exact) mass is 164 g/mol. The van der Waals surface area contributed by atoms with Crippen molar-refractivity contribution < 1.29 is 62.4 Å². The van der Waals surface area contributed by atoms with E-state index in [1.165, 1.54) is 0 Å². The first-order chi connectivity index (χ1) is 0. The van der Waals surface area contributed by atoms with E-state index < -0.39 is 0 Å². The molecule has 0 saturated carbocycles. The van der Waals surface area contributed by atoms with Crippen LogP contribution in [0.25, 0.3) is 0 Å². The van der Waals surface area contributed by atoms with Crippen molar-refractivity contribution in [3.05, 3.63) is 0 Å². The molecule has 0 radical (unpaired) electrons. The van der Waals surface area contributed by atoms with Crippen molar-refractivity contribution >= 4 is 13.5 Å². The van der Waals surface area contributed by atoms with E-state index in [-0.39, 0.29) is 75.9 Å². The number of thiol groups is 1. The Hall–Kier alpha value is 1.11. The standard InChI is InChI=1S/Na.6H2O.H2S/h;7*1H2/q+1;;;;;;;/p-1. The first kappa shape index (κ1) is 486. The van der Waals surface area contributed by atoms with E-state index in [0.717, 1.165) is 0 Å². The minimum Gasteiger partial charge on any atom is -0.813 e. The van der Waals surface area contributed by atoms with Crippen LogP contribution in [0.2, 0.25) is 0 Å². The summed E-state index contributed by atoms with van der Waals surface area (Å²) in [6.45, 7) is 0. The largest absolute Gasteiger partial charge is 1.00 e. The van der Waals surface area contributed by atoms with Gasteiger partial charge in [0.05, 0.1) is 0 Å². The van der Waals surface area contributed by atoms with Crippen LogP contribution in [0.3, 0.4) is 0 Å². The average molecular weight is 164 g/mol. The summed E-state index contributed by atoms with van der Waals surface area (Å²) in [6, 6.07) is 0. The van der Waals surface area contributed by atoms with Gasteiger partial charge in [-0.25, -0.2) is 0 Å². The molecular weight excluding hydrogens is 151 g/mol. The molecule has 0 aromatic rings. The molecule has 0 aliphatic rings. The Kier molecular flexibility index (Phi) is 20200. The first-order valence-electron chi connectivity index (χ1n) is 0. The maximum Gasteiger partial charge on any atom is 1.00 e. The number of hydrogen-bond donors (Lipinski definition) is 0. The van der Waals surface area contributed by atoms with Crippen molar-refractivity contribution in [1.82, 2.24) is 0 Å². The summed E-state index contributed by atoms with van der Waals surface area (Å²) in [5, 5.41) is 0. The molecule has 8 heavy (non-hydrogen) atoms. The topological polar surface area (TPSA) is 189 Å². The molecule has 0 aliphatic carbocycles. The molecule has 0 aliphatic heterocycles. The molecule has 0 unspecified atom stereocenters. The minimum atomic E-state index is 0. The van der Waals surface area contributed by atoms with Gasteiger partial charge in [0.15, 0.2) is 0 Å². The summed E-state index contributed by atoms with van der Waals surface area (Å²) < 4.78 is 0. The molecule has 0 aromatic carbocycles. The first-order valence-corrected chi connectivity index (χ1v) is 0. The Balaban J connectivity index is 0. The summed E-state index contributed by atoms with van der Waals surface area (Å²) in [5.74, 6) is 0. The molecule has 56 valence electrons. The normalized spacial score (nSPS) is 0. The second kappa shape index (κ2) is 333. The van der Waals surface area contributed by atoms with E-state index in [1.54, 1.807) is 0 Å². The Morgan fingerprint density at radius 1 is 0.375 bits per heavy atom. The van der Waals surface area contributed by atoms with Crippen LogP contribution in [-0.2, 0) is 13.5 Å². The minimum absolute atomic E-state index is 0. The summed E-state index contributed by atoms with van der Waals surface area (Å²) >= 11 is 0. The van der Waals surface area contributed by atoms with Gasteiger partial charge in [-0.15, -0.1) is 0 Å². The Bertz CT molecular complexity index is 8.49. The zero-order valence-corrected chi connectivity index (χ0v) is 7.34. The van der Waals surface area contributed by atoms with Gasteiger partial charge in [0.25, 0.3) is 0 Å². The van der Waals surface area contributed by atoms with Crippen molar-refractivity contribution in [3.63, 3.8) is 0 Å². The molecule has 12 N–H and O–H groups in total. The predicted molar refractivity (Wildman–Crippen MR) is 30.4 cm³/mol. The Morgan fingerprint density at radius 3 is 0.375 bits per heavy atom. The van der Waals surface area contributed by atoms with E-state index >= 15 is 0 Å². The summed E-state index contributed by atoms with van der Waals surface area (Å²) in [7, 11) is 0. The van der Waals surface area contributed by atoms with Crippen molar-refractivity contribution in [2.45, 2.75) is 0 Å². The fraction of sp³-hybridized carbons (Fsp3) is 0. The maximum absolute atomic E-state index is 0. The van der Waals surface area contributed by atoms with Crippen LogP contribution in [0.15, 0.2) is 0 Å². The quantitative estimate of drug-likeness (QED) is 0.192. The molecule has 0 amide bonds. The molecule has 0 fully saturated rings. The van der Waals surface area contributed by atoms with E-state index in [1.807, 2.05) is 0 Å². The van der Waals surface area contributed by atoms with Gasteiger partial charge in [0, 0.05) is 0 Å². The summed E-state index contributed by atoms with van der Waals surface area (Å²) in [6.07, 6.45) is 0. The molecule has 0 rings (SSSR count). The van der Waals surface area contributed by atoms with Crippen LogP contribution in [0.4, 0.5) is 0 Å². The van der Waals surface area contributed by atoms with Gasteiger partial charge in [-0.3, -0.25) is 0 Å². The van der Waals surface area contributed by atoms with Gasteiger partial charge in [-0.1, -0.05) is 0 Å². The number of hydrogen-bond acceptors (Lipinski definition) is 1. The average Bonchev–Trinajstić information content (AvgIpc) is 0. The third kappa shape index (κ3) is 215. The maximum atomic E-state index is 0. The van der Waals surface area contributed by atoms with Crippen molar-refractivity contribution in [3.8, 4) is 0 Å². The second-order valence-electron chi connectivity index (χ2n) is 0. The van der Waals surface area contributed by atoms with E-state index in [0.29, 0.717) is 0 Å². The molecule has 6 nitrogen and oxygen atoms in total. The van der Waals surface area contributed by atoms with Gasteiger partial charge in [0.2, 0.25) is 0 Å². The summed E-state index contributed by atoms with van der Waals surface area (Å²) in [5.41, 5.74) is 0. The zero-order chi connectivity index (χ0) is 0. The Labute approximate surface area is 75.9 Å². The zero-order valence-electron chi connectivity index (χ0n) is 4.45. The third-order valence-electron chi connectivity index (χ3n) is 0. The van der Waals surface area contributed by atoms with Gasteiger partial charge in [-0.2, -0.15) is 0 Å². The van der Waals surface area contributed by atoms with E-state index in [4.69, 9.17) is 0 Å². The van der Waals surface area contributed by atoms with Crippen molar-refractivity contribution in [1.29, 1.82) is 0 Å². The number of rotatable bonds is 0. The predicted octanol–water partition coefficient (Wildman–Crippen LogP) is -8.21. The fourth-order valence-corrected chi connectivity index (χ4v) is 0. The molecule has 0 heterocycles. The van der Waals surface area contributed by atoms with Crippen LogP contribution in [0.1, 0.15) is 0 Å². The smallest absolute Gasteiger partial charge is 0.813 e. The van der Waals surface area contributed by atoms with Crippen LogP contribution in [0.5, 0.6) is 0 Å². The van der Waals surface area contributed by atoms with Crippen molar-refractivity contribution in [2.75, 3.05) is 0 Å². The van der Waals surface area contributed by atoms with Gasteiger partial charge >= 0.3 is 29.6 Å². The molecule has 0 saturated heterocycles. The van der Waals surface area contributed by atoms with Gasteiger partial charge < -0.3 is 46.4 Å². The molecular formula is H13NaO6S. The second-order valence-corrected chi connectivity index (χ2v) is 0. The van der Waals surface area contributed by atoms with Gasteiger partial charge in [0.1, 0.15) is 0 Å². The van der Waals surface area contributed by atoms with Crippen LogP contribution < -0.4 is 29.6 Å². The molecule has 0 aromatic heterocycles. The van der Waals surface area contributed by atoms with E-state index in [2.05, 4.69) is 0 Å². The Morgan fingerprint density at radius 2 is 0.375 bits per heavy atom. The van der Waals surface area contributed by atoms with Crippen LogP contribution >= 0.6 is 0 Å². The van der Waals surface area contributed by atoms with Gasteiger partial charge in [-0.05, 0) is 0 Å². The van der Waals surface area contributed by atoms with Crippen LogP contribution in [0, 0.1) is 0 Å². The molecule has 0 atom stereocenters.